The summed E-state index contributed by atoms with van der Waals surface area (Å²) < 4.78 is 0. The number of nitrogen functional groups attached to an aromatic ring is 1. The number of hydrogen-bond donors (Lipinski definition) is 2. The lowest BCUT2D eigenvalue weighted by Crippen LogP contribution is -2.41. The molecule has 1 aliphatic heterocycles. The third-order valence-corrected chi connectivity index (χ3v) is 5.63. The average molecular weight is 307 g/mol. The first-order chi connectivity index (χ1) is 10.2. The summed E-state index contributed by atoms with van der Waals surface area (Å²) in [6, 6.07) is 1.96. The molecule has 3 N–H and O–H groups in total. The summed E-state index contributed by atoms with van der Waals surface area (Å²) in [4.78, 5) is 11.4. The number of piperidine rings is 1. The molecule has 0 bridgehead atoms. The van der Waals surface area contributed by atoms with Crippen LogP contribution in [0.2, 0.25) is 0 Å². The SMILES string of the molecule is CSc1nc(NN)cc(N2CCC3(CCCCC3)CC2)n1. The Kier molecular flexibility index (Phi) is 4.54. The van der Waals surface area contributed by atoms with Crippen LogP contribution in [0, 0.1) is 5.41 Å². The molecule has 3 rings (SSSR count). The molecule has 1 aliphatic carbocycles. The number of rotatable bonds is 3. The van der Waals surface area contributed by atoms with Gasteiger partial charge in [-0.25, -0.2) is 15.8 Å². The van der Waals surface area contributed by atoms with Crippen LogP contribution in [0.15, 0.2) is 11.2 Å². The lowest BCUT2D eigenvalue weighted by atomic mass is 9.68. The van der Waals surface area contributed by atoms with Crippen LogP contribution in [0.1, 0.15) is 44.9 Å². The Labute approximate surface area is 131 Å². The molecule has 0 aromatic carbocycles. The van der Waals surface area contributed by atoms with E-state index in [9.17, 15) is 0 Å². The number of nitrogens with two attached hydrogens (primary N) is 1. The van der Waals surface area contributed by atoms with Gasteiger partial charge in [0.2, 0.25) is 0 Å². The van der Waals surface area contributed by atoms with Gasteiger partial charge in [0.05, 0.1) is 0 Å². The van der Waals surface area contributed by atoms with Crippen LogP contribution >= 0.6 is 11.8 Å². The van der Waals surface area contributed by atoms with Gasteiger partial charge in [-0.3, -0.25) is 0 Å². The molecular formula is C15H25N5S. The standard InChI is InChI=1S/C15H25N5S/c1-21-14-17-12(19-16)11-13(18-14)20-9-7-15(8-10-20)5-3-2-4-6-15/h11H,2-10,16H2,1H3,(H,17,18,19). The molecule has 1 saturated heterocycles. The van der Waals surface area contributed by atoms with E-state index < -0.39 is 0 Å². The fourth-order valence-electron chi connectivity index (χ4n) is 3.75. The Morgan fingerprint density at radius 2 is 1.86 bits per heavy atom. The number of anilines is 2. The molecule has 0 amide bonds. The lowest BCUT2D eigenvalue weighted by molar-refractivity contribution is 0.144. The summed E-state index contributed by atoms with van der Waals surface area (Å²) >= 11 is 1.55. The Hall–Kier alpha value is -1.01. The minimum Gasteiger partial charge on any atom is -0.356 e. The van der Waals surface area contributed by atoms with Gasteiger partial charge in [0.15, 0.2) is 5.16 Å². The highest BCUT2D eigenvalue weighted by atomic mass is 32.2. The highest BCUT2D eigenvalue weighted by Gasteiger charge is 2.35. The smallest absolute Gasteiger partial charge is 0.191 e. The molecule has 2 heterocycles. The maximum atomic E-state index is 5.52. The normalized spacial score (nSPS) is 21.5. The molecule has 116 valence electrons. The van der Waals surface area contributed by atoms with Crippen molar-refractivity contribution in [1.82, 2.24) is 9.97 Å². The van der Waals surface area contributed by atoms with Crippen LogP contribution in [-0.4, -0.2) is 29.3 Å². The van der Waals surface area contributed by atoms with Crippen LogP contribution in [-0.2, 0) is 0 Å². The fourth-order valence-corrected chi connectivity index (χ4v) is 4.13. The van der Waals surface area contributed by atoms with Crippen molar-refractivity contribution in [2.45, 2.75) is 50.1 Å². The first kappa shape index (κ1) is 14.9. The molecule has 2 aliphatic rings. The largest absolute Gasteiger partial charge is 0.356 e. The highest BCUT2D eigenvalue weighted by molar-refractivity contribution is 7.98. The van der Waals surface area contributed by atoms with Crippen molar-refractivity contribution in [2.75, 3.05) is 29.7 Å². The molecule has 1 spiro atoms. The molecule has 1 saturated carbocycles. The Morgan fingerprint density at radius 1 is 1.14 bits per heavy atom. The van der Waals surface area contributed by atoms with Crippen molar-refractivity contribution >= 4 is 23.4 Å². The fraction of sp³-hybridized carbons (Fsp3) is 0.733. The number of aromatic nitrogens is 2. The summed E-state index contributed by atoms with van der Waals surface area (Å²) in [5.74, 6) is 7.22. The van der Waals surface area contributed by atoms with Crippen LogP contribution in [0.3, 0.4) is 0 Å². The molecule has 0 atom stereocenters. The van der Waals surface area contributed by atoms with Crippen LogP contribution in [0.5, 0.6) is 0 Å². The predicted molar refractivity (Wildman–Crippen MR) is 88.6 cm³/mol. The topological polar surface area (TPSA) is 67.1 Å². The molecule has 1 aromatic rings. The van der Waals surface area contributed by atoms with Crippen LogP contribution in [0.4, 0.5) is 11.6 Å². The van der Waals surface area contributed by atoms with Gasteiger partial charge in [0.25, 0.3) is 0 Å². The Bertz CT molecular complexity index is 455. The van der Waals surface area contributed by atoms with Crippen LogP contribution < -0.4 is 16.2 Å². The lowest BCUT2D eigenvalue weighted by Gasteiger charge is -2.44. The van der Waals surface area contributed by atoms with Gasteiger partial charge in [-0.1, -0.05) is 31.0 Å². The van der Waals surface area contributed by atoms with Crippen molar-refractivity contribution in [3.63, 3.8) is 0 Å². The molecule has 5 nitrogen and oxygen atoms in total. The van der Waals surface area contributed by atoms with Gasteiger partial charge in [-0.2, -0.15) is 0 Å². The van der Waals surface area contributed by atoms with Gasteiger partial charge in [0.1, 0.15) is 11.6 Å². The maximum Gasteiger partial charge on any atom is 0.191 e. The average Bonchev–Trinajstić information content (AvgIpc) is 2.55. The second kappa shape index (κ2) is 6.40. The number of hydrogen-bond acceptors (Lipinski definition) is 6. The zero-order valence-corrected chi connectivity index (χ0v) is 13.6. The minimum absolute atomic E-state index is 0.624. The van der Waals surface area contributed by atoms with Crippen molar-refractivity contribution in [2.24, 2.45) is 11.3 Å². The van der Waals surface area contributed by atoms with Crippen LogP contribution in [0.25, 0.3) is 0 Å². The number of thioether (sulfide) groups is 1. The van der Waals surface area contributed by atoms with Crippen molar-refractivity contribution < 1.29 is 0 Å². The maximum absolute atomic E-state index is 5.52. The van der Waals surface area contributed by atoms with E-state index in [2.05, 4.69) is 20.3 Å². The predicted octanol–water partition coefficient (Wildman–Crippen LogP) is 3.03. The van der Waals surface area contributed by atoms with E-state index in [4.69, 9.17) is 5.84 Å². The van der Waals surface area contributed by atoms with E-state index in [-0.39, 0.29) is 0 Å². The molecule has 1 aromatic heterocycles. The van der Waals surface area contributed by atoms with Gasteiger partial charge >= 0.3 is 0 Å². The van der Waals surface area contributed by atoms with Gasteiger partial charge < -0.3 is 10.3 Å². The van der Waals surface area contributed by atoms with E-state index in [1.54, 1.807) is 11.8 Å². The van der Waals surface area contributed by atoms with Crippen molar-refractivity contribution in [3.8, 4) is 0 Å². The summed E-state index contributed by atoms with van der Waals surface area (Å²) in [6.45, 7) is 2.21. The molecule has 6 heteroatoms. The van der Waals surface area contributed by atoms with E-state index in [0.717, 1.165) is 24.1 Å². The molecule has 21 heavy (non-hydrogen) atoms. The van der Waals surface area contributed by atoms with Gasteiger partial charge in [-0.05, 0) is 37.4 Å². The minimum atomic E-state index is 0.624. The number of hydrazine groups is 1. The van der Waals surface area contributed by atoms with E-state index in [1.165, 1.54) is 44.9 Å². The van der Waals surface area contributed by atoms with Crippen molar-refractivity contribution in [1.29, 1.82) is 0 Å². The van der Waals surface area contributed by atoms with E-state index in [0.29, 0.717) is 11.2 Å². The zero-order chi connectivity index (χ0) is 14.7. The zero-order valence-electron chi connectivity index (χ0n) is 12.8. The summed E-state index contributed by atoms with van der Waals surface area (Å²) in [7, 11) is 0. The highest BCUT2D eigenvalue weighted by Crippen LogP contribution is 2.45. The van der Waals surface area contributed by atoms with Gasteiger partial charge in [-0.15, -0.1) is 0 Å². The summed E-state index contributed by atoms with van der Waals surface area (Å²) in [6.07, 6.45) is 11.7. The Morgan fingerprint density at radius 3 is 2.48 bits per heavy atom. The summed E-state index contributed by atoms with van der Waals surface area (Å²) in [5, 5.41) is 0.776. The third kappa shape index (κ3) is 3.26. The summed E-state index contributed by atoms with van der Waals surface area (Å²) in [5.41, 5.74) is 3.27. The first-order valence-corrected chi connectivity index (χ1v) is 9.12. The second-order valence-electron chi connectivity index (χ2n) is 6.29. The van der Waals surface area contributed by atoms with Crippen molar-refractivity contribution in [3.05, 3.63) is 6.07 Å². The molecule has 0 unspecified atom stereocenters. The Balaban J connectivity index is 1.71. The van der Waals surface area contributed by atoms with E-state index in [1.807, 2.05) is 12.3 Å². The second-order valence-corrected chi connectivity index (χ2v) is 7.06. The quantitative estimate of drug-likeness (QED) is 0.387. The monoisotopic (exact) mass is 307 g/mol. The molecule has 0 radical (unpaired) electrons. The number of nitrogens with one attached hydrogen (secondary N) is 1. The molecular weight excluding hydrogens is 282 g/mol. The third-order valence-electron chi connectivity index (χ3n) is 5.08. The molecule has 2 fully saturated rings. The first-order valence-electron chi connectivity index (χ1n) is 7.89. The number of nitrogens with zero attached hydrogens (tertiary/aromatic N) is 3. The van der Waals surface area contributed by atoms with Gasteiger partial charge in [0, 0.05) is 19.2 Å². The van der Waals surface area contributed by atoms with E-state index >= 15 is 0 Å².